The lowest BCUT2D eigenvalue weighted by molar-refractivity contribution is -0.138. The van der Waals surface area contributed by atoms with E-state index in [0.717, 1.165) is 69.9 Å². The molecule has 2 aliphatic rings. The van der Waals surface area contributed by atoms with Gasteiger partial charge in [-0.1, -0.05) is 23.2 Å². The van der Waals surface area contributed by atoms with Gasteiger partial charge in [-0.05, 0) is 74.7 Å². The zero-order valence-corrected chi connectivity index (χ0v) is 20.0. The number of carbonyl (C=O) groups is 1. The highest BCUT2D eigenvalue weighted by molar-refractivity contribution is 6.42. The van der Waals surface area contributed by atoms with E-state index >= 15 is 0 Å². The van der Waals surface area contributed by atoms with Gasteiger partial charge in [0.2, 0.25) is 5.91 Å². The van der Waals surface area contributed by atoms with E-state index in [2.05, 4.69) is 37.6 Å². The molecule has 8 heteroatoms. The third-order valence-electron chi connectivity index (χ3n) is 6.52. The highest BCUT2D eigenvalue weighted by Crippen LogP contribution is 2.27. The quantitative estimate of drug-likeness (QED) is 0.631. The van der Waals surface area contributed by atoms with Crippen molar-refractivity contribution in [1.29, 1.82) is 0 Å². The number of hydrogen-bond donors (Lipinski definition) is 2. The van der Waals surface area contributed by atoms with E-state index in [0.29, 0.717) is 22.0 Å². The van der Waals surface area contributed by atoms with Crippen LogP contribution in [0.2, 0.25) is 10.0 Å². The van der Waals surface area contributed by atoms with E-state index < -0.39 is 0 Å². The van der Waals surface area contributed by atoms with Gasteiger partial charge in [-0.3, -0.25) is 9.69 Å². The van der Waals surface area contributed by atoms with Crippen molar-refractivity contribution in [3.63, 3.8) is 0 Å². The standard InChI is InChI=1S/C24H31Cl2N5O/c1-27-23-14-17(4-9-28-23)16-30-10-5-18(6-11-30)24(32)31-12-7-19(8-13-31)29-20-2-3-21(25)22(26)15-20/h2-4,9,14-15,18-19,29H,5-8,10-13,16H2,1H3,(H,27,28). The molecule has 2 N–H and O–H groups in total. The molecule has 172 valence electrons. The van der Waals surface area contributed by atoms with E-state index in [1.807, 2.05) is 31.4 Å². The number of benzene rings is 1. The second-order valence-corrected chi connectivity index (χ2v) is 9.54. The summed E-state index contributed by atoms with van der Waals surface area (Å²) >= 11 is 12.1. The van der Waals surface area contributed by atoms with Gasteiger partial charge in [0.15, 0.2) is 0 Å². The summed E-state index contributed by atoms with van der Waals surface area (Å²) in [5, 5.41) is 7.74. The zero-order valence-electron chi connectivity index (χ0n) is 18.5. The molecule has 0 atom stereocenters. The van der Waals surface area contributed by atoms with Crippen molar-refractivity contribution in [3.05, 3.63) is 52.1 Å². The highest BCUT2D eigenvalue weighted by atomic mass is 35.5. The predicted molar refractivity (Wildman–Crippen MR) is 131 cm³/mol. The van der Waals surface area contributed by atoms with Gasteiger partial charge in [-0.2, -0.15) is 0 Å². The number of amides is 1. The third kappa shape index (κ3) is 5.85. The maximum atomic E-state index is 13.1. The number of hydrogen-bond acceptors (Lipinski definition) is 5. The van der Waals surface area contributed by atoms with Gasteiger partial charge in [-0.25, -0.2) is 4.98 Å². The maximum absolute atomic E-state index is 13.1. The van der Waals surface area contributed by atoms with E-state index in [-0.39, 0.29) is 5.92 Å². The minimum absolute atomic E-state index is 0.149. The molecule has 0 aliphatic carbocycles. The molecule has 4 rings (SSSR count). The van der Waals surface area contributed by atoms with E-state index in [4.69, 9.17) is 23.2 Å². The minimum atomic E-state index is 0.149. The molecule has 1 aromatic heterocycles. The van der Waals surface area contributed by atoms with Crippen LogP contribution in [0.15, 0.2) is 36.5 Å². The third-order valence-corrected chi connectivity index (χ3v) is 7.26. The Labute approximate surface area is 200 Å². The Morgan fingerprint density at radius 1 is 1.03 bits per heavy atom. The summed E-state index contributed by atoms with van der Waals surface area (Å²) in [5.74, 6) is 1.37. The van der Waals surface area contributed by atoms with Gasteiger partial charge >= 0.3 is 0 Å². The van der Waals surface area contributed by atoms with Gasteiger partial charge in [0.1, 0.15) is 5.82 Å². The lowest BCUT2D eigenvalue weighted by atomic mass is 9.93. The van der Waals surface area contributed by atoms with Crippen LogP contribution in [-0.4, -0.2) is 60.0 Å². The molecule has 0 spiro atoms. The summed E-state index contributed by atoms with van der Waals surface area (Å²) in [5.41, 5.74) is 2.23. The molecule has 1 amide bonds. The van der Waals surface area contributed by atoms with Crippen molar-refractivity contribution in [3.8, 4) is 0 Å². The van der Waals surface area contributed by atoms with Crippen LogP contribution in [-0.2, 0) is 11.3 Å². The minimum Gasteiger partial charge on any atom is -0.382 e. The molecule has 6 nitrogen and oxygen atoms in total. The fraction of sp³-hybridized carbons (Fsp3) is 0.500. The van der Waals surface area contributed by atoms with E-state index in [1.54, 1.807) is 0 Å². The number of nitrogens with one attached hydrogen (secondary N) is 2. The predicted octanol–water partition coefficient (Wildman–Crippen LogP) is 4.75. The van der Waals surface area contributed by atoms with Crippen molar-refractivity contribution >= 4 is 40.6 Å². The fourth-order valence-electron chi connectivity index (χ4n) is 4.63. The molecule has 32 heavy (non-hydrogen) atoms. The Bertz CT molecular complexity index is 924. The number of likely N-dealkylation sites (tertiary alicyclic amines) is 2. The Balaban J connectivity index is 1.21. The molecule has 2 fully saturated rings. The molecule has 2 saturated heterocycles. The summed E-state index contributed by atoms with van der Waals surface area (Å²) in [6, 6.07) is 10.1. The number of piperidine rings is 2. The van der Waals surface area contributed by atoms with Gasteiger partial charge in [0, 0.05) is 50.5 Å². The zero-order chi connectivity index (χ0) is 22.5. The first-order valence-electron chi connectivity index (χ1n) is 11.4. The Kier molecular flexibility index (Phi) is 7.76. The first kappa shape index (κ1) is 23.1. The normalized spacial score (nSPS) is 18.5. The monoisotopic (exact) mass is 475 g/mol. The smallest absolute Gasteiger partial charge is 0.225 e. The number of aromatic nitrogens is 1. The van der Waals surface area contributed by atoms with Crippen LogP contribution >= 0.6 is 23.2 Å². The summed E-state index contributed by atoms with van der Waals surface area (Å²) < 4.78 is 0. The van der Waals surface area contributed by atoms with Crippen molar-refractivity contribution in [2.45, 2.75) is 38.3 Å². The molecule has 2 aromatic rings. The first-order valence-corrected chi connectivity index (χ1v) is 12.1. The van der Waals surface area contributed by atoms with Gasteiger partial charge < -0.3 is 15.5 Å². The van der Waals surface area contributed by atoms with Crippen LogP contribution in [0.3, 0.4) is 0 Å². The van der Waals surface area contributed by atoms with Crippen LogP contribution in [0.5, 0.6) is 0 Å². The average molecular weight is 476 g/mol. The second kappa shape index (κ2) is 10.7. The molecule has 0 unspecified atom stereocenters. The number of nitrogens with zero attached hydrogens (tertiary/aromatic N) is 3. The SMILES string of the molecule is CNc1cc(CN2CCC(C(=O)N3CCC(Nc4ccc(Cl)c(Cl)c4)CC3)CC2)ccn1. The average Bonchev–Trinajstić information content (AvgIpc) is 2.82. The second-order valence-electron chi connectivity index (χ2n) is 8.72. The van der Waals surface area contributed by atoms with E-state index in [1.165, 1.54) is 5.56 Å². The number of carbonyl (C=O) groups excluding carboxylic acids is 1. The van der Waals surface area contributed by atoms with Crippen LogP contribution in [0, 0.1) is 5.92 Å². The maximum Gasteiger partial charge on any atom is 0.225 e. The summed E-state index contributed by atoms with van der Waals surface area (Å²) in [6.07, 6.45) is 5.60. The van der Waals surface area contributed by atoms with Crippen molar-refractivity contribution in [2.75, 3.05) is 43.9 Å². The first-order chi connectivity index (χ1) is 15.5. The lowest BCUT2D eigenvalue weighted by Crippen LogP contribution is -2.47. The molecule has 0 bridgehead atoms. The summed E-state index contributed by atoms with van der Waals surface area (Å²) in [4.78, 5) is 21.9. The van der Waals surface area contributed by atoms with Crippen LogP contribution in [0.1, 0.15) is 31.2 Å². The van der Waals surface area contributed by atoms with Gasteiger partial charge in [0.05, 0.1) is 10.0 Å². The summed E-state index contributed by atoms with van der Waals surface area (Å²) in [7, 11) is 1.88. The van der Waals surface area contributed by atoms with Crippen LogP contribution < -0.4 is 10.6 Å². The molecule has 0 saturated carbocycles. The molecular weight excluding hydrogens is 445 g/mol. The largest absolute Gasteiger partial charge is 0.382 e. The number of anilines is 2. The van der Waals surface area contributed by atoms with Gasteiger partial charge in [0.25, 0.3) is 0 Å². The fourth-order valence-corrected chi connectivity index (χ4v) is 4.93. The van der Waals surface area contributed by atoms with Crippen LogP contribution in [0.4, 0.5) is 11.5 Å². The summed E-state index contributed by atoms with van der Waals surface area (Å²) in [6.45, 7) is 4.44. The van der Waals surface area contributed by atoms with Crippen molar-refractivity contribution in [2.24, 2.45) is 5.92 Å². The Morgan fingerprint density at radius 2 is 1.78 bits per heavy atom. The molecule has 2 aliphatic heterocycles. The highest BCUT2D eigenvalue weighted by Gasteiger charge is 2.31. The van der Waals surface area contributed by atoms with Crippen molar-refractivity contribution in [1.82, 2.24) is 14.8 Å². The number of pyridine rings is 1. The Morgan fingerprint density at radius 3 is 2.47 bits per heavy atom. The van der Waals surface area contributed by atoms with E-state index in [9.17, 15) is 4.79 Å². The van der Waals surface area contributed by atoms with Gasteiger partial charge in [-0.15, -0.1) is 0 Å². The van der Waals surface area contributed by atoms with Crippen molar-refractivity contribution < 1.29 is 4.79 Å². The van der Waals surface area contributed by atoms with Crippen LogP contribution in [0.25, 0.3) is 0 Å². The topological polar surface area (TPSA) is 60.5 Å². The Hall–Kier alpha value is -2.02. The molecule has 0 radical (unpaired) electrons. The lowest BCUT2D eigenvalue weighted by Gasteiger charge is -2.37. The molecular formula is C24H31Cl2N5O. The molecule has 3 heterocycles. The number of rotatable bonds is 6. The number of halogens is 2. The molecule has 1 aromatic carbocycles.